The Labute approximate surface area is 150 Å². The normalized spacial score (nSPS) is 19.6. The van der Waals surface area contributed by atoms with Gasteiger partial charge < -0.3 is 16.6 Å². The number of halogens is 3. The van der Waals surface area contributed by atoms with Crippen molar-refractivity contribution in [1.29, 1.82) is 0 Å². The molecule has 25 heavy (non-hydrogen) atoms. The molecule has 5 N–H and O–H groups in total. The third kappa shape index (κ3) is 2.84. The molecule has 1 aliphatic carbocycles. The first-order chi connectivity index (χ1) is 11.8. The van der Waals surface area contributed by atoms with Gasteiger partial charge in [-0.25, -0.2) is 18.6 Å². The molecule has 7 nitrogen and oxygen atoms in total. The summed E-state index contributed by atoms with van der Waals surface area (Å²) in [7, 11) is 0. The maximum Gasteiger partial charge on any atom is 0.338 e. The van der Waals surface area contributed by atoms with Crippen molar-refractivity contribution >= 4 is 39.5 Å². The number of carboxylic acids is 1. The molecule has 0 radical (unpaired) electrons. The van der Waals surface area contributed by atoms with E-state index in [1.54, 1.807) is 0 Å². The van der Waals surface area contributed by atoms with Crippen molar-refractivity contribution in [2.24, 2.45) is 21.5 Å². The summed E-state index contributed by atoms with van der Waals surface area (Å²) >= 11 is 3.13. The van der Waals surface area contributed by atoms with Crippen LogP contribution in [0.2, 0.25) is 0 Å². The van der Waals surface area contributed by atoms with Gasteiger partial charge in [0.1, 0.15) is 5.66 Å². The molecule has 0 bridgehead atoms. The third-order valence-electron chi connectivity index (χ3n) is 4.44. The van der Waals surface area contributed by atoms with Crippen LogP contribution in [-0.4, -0.2) is 28.7 Å². The molecule has 0 amide bonds. The van der Waals surface area contributed by atoms with Crippen LogP contribution < -0.4 is 16.4 Å². The van der Waals surface area contributed by atoms with E-state index < -0.39 is 28.8 Å². The monoisotopic (exact) mass is 415 g/mol. The van der Waals surface area contributed by atoms with Crippen molar-refractivity contribution in [3.8, 4) is 0 Å². The molecule has 1 fully saturated rings. The van der Waals surface area contributed by atoms with Gasteiger partial charge in [0.15, 0.2) is 11.6 Å². The standard InChI is InChI=1S/C15H16BrF2N5O2/c16-8-6-7(12(24)25)9(17)10(18)11(8)23-14(20)21-13(19)22-15(23)4-2-1-3-5-15/h6H,1-5H2,(H,24,25)(H4,19,20,21,22). The van der Waals surface area contributed by atoms with Gasteiger partial charge in [-0.05, 0) is 47.7 Å². The Hall–Kier alpha value is -2.23. The first-order valence-corrected chi connectivity index (χ1v) is 8.46. The zero-order valence-corrected chi connectivity index (χ0v) is 14.7. The number of hydrogen-bond acceptors (Lipinski definition) is 6. The largest absolute Gasteiger partial charge is 0.478 e. The number of nitrogens with zero attached hydrogens (tertiary/aromatic N) is 3. The highest BCUT2D eigenvalue weighted by atomic mass is 79.9. The highest BCUT2D eigenvalue weighted by molar-refractivity contribution is 9.10. The second-order valence-electron chi connectivity index (χ2n) is 6.01. The molecule has 0 aromatic heterocycles. The van der Waals surface area contributed by atoms with Crippen molar-refractivity contribution in [2.75, 3.05) is 4.90 Å². The number of aliphatic imine (C=N–C) groups is 2. The van der Waals surface area contributed by atoms with Gasteiger partial charge in [0, 0.05) is 4.47 Å². The van der Waals surface area contributed by atoms with E-state index in [2.05, 4.69) is 25.9 Å². The molecule has 1 spiro atoms. The number of carboxylic acid groups (broad SMARTS) is 1. The fourth-order valence-electron chi connectivity index (χ4n) is 3.39. The van der Waals surface area contributed by atoms with Crippen LogP contribution in [0.25, 0.3) is 0 Å². The van der Waals surface area contributed by atoms with E-state index in [-0.39, 0.29) is 22.1 Å². The van der Waals surface area contributed by atoms with Gasteiger partial charge in [-0.3, -0.25) is 4.90 Å². The molecule has 2 aliphatic rings. The lowest BCUT2D eigenvalue weighted by Crippen LogP contribution is -2.58. The van der Waals surface area contributed by atoms with Gasteiger partial charge in [0.25, 0.3) is 0 Å². The topological polar surface area (TPSA) is 117 Å². The summed E-state index contributed by atoms with van der Waals surface area (Å²) in [6.07, 6.45) is 3.69. The maximum atomic E-state index is 14.8. The van der Waals surface area contributed by atoms with E-state index in [1.807, 2.05) is 0 Å². The Bertz CT molecular complexity index is 806. The fraction of sp³-hybridized carbons (Fsp3) is 0.400. The molecule has 3 rings (SSSR count). The highest BCUT2D eigenvalue weighted by Crippen LogP contribution is 2.43. The number of benzene rings is 1. The van der Waals surface area contributed by atoms with Crippen LogP contribution in [-0.2, 0) is 0 Å². The number of carbonyl (C=O) groups is 1. The van der Waals surface area contributed by atoms with Crippen LogP contribution in [0.1, 0.15) is 42.5 Å². The summed E-state index contributed by atoms with van der Waals surface area (Å²) in [6, 6.07) is 1.00. The fourth-order valence-corrected chi connectivity index (χ4v) is 3.97. The van der Waals surface area contributed by atoms with E-state index in [1.165, 1.54) is 4.90 Å². The Morgan fingerprint density at radius 2 is 1.88 bits per heavy atom. The van der Waals surface area contributed by atoms with Crippen molar-refractivity contribution in [3.63, 3.8) is 0 Å². The average molecular weight is 416 g/mol. The number of anilines is 1. The molecular formula is C15H16BrF2N5O2. The second-order valence-corrected chi connectivity index (χ2v) is 6.86. The summed E-state index contributed by atoms with van der Waals surface area (Å²) in [5.74, 6) is -4.50. The van der Waals surface area contributed by atoms with Crippen LogP contribution >= 0.6 is 15.9 Å². The summed E-state index contributed by atoms with van der Waals surface area (Å²) in [5, 5.41) is 9.02. The molecule has 0 saturated heterocycles. The van der Waals surface area contributed by atoms with Crippen LogP contribution in [0.3, 0.4) is 0 Å². The van der Waals surface area contributed by atoms with E-state index in [9.17, 15) is 13.6 Å². The molecule has 1 heterocycles. The minimum Gasteiger partial charge on any atom is -0.478 e. The molecule has 0 atom stereocenters. The minimum absolute atomic E-state index is 0.0187. The number of aromatic carboxylic acids is 1. The first kappa shape index (κ1) is 17.6. The number of hydrogen-bond donors (Lipinski definition) is 3. The number of nitrogens with two attached hydrogens (primary N) is 2. The van der Waals surface area contributed by atoms with Gasteiger partial charge in [0.05, 0.1) is 11.3 Å². The quantitative estimate of drug-likeness (QED) is 0.641. The van der Waals surface area contributed by atoms with Gasteiger partial charge in [-0.1, -0.05) is 6.42 Å². The van der Waals surface area contributed by atoms with Crippen LogP contribution in [0, 0.1) is 11.6 Å². The minimum atomic E-state index is -1.57. The predicted molar refractivity (Wildman–Crippen MR) is 92.6 cm³/mol. The highest BCUT2D eigenvalue weighted by Gasteiger charge is 2.45. The molecule has 1 aliphatic heterocycles. The molecule has 1 aromatic rings. The van der Waals surface area contributed by atoms with Crippen LogP contribution in [0.15, 0.2) is 20.5 Å². The van der Waals surface area contributed by atoms with Crippen molar-refractivity contribution < 1.29 is 18.7 Å². The van der Waals surface area contributed by atoms with Gasteiger partial charge in [0.2, 0.25) is 11.9 Å². The van der Waals surface area contributed by atoms with Gasteiger partial charge in [-0.15, -0.1) is 0 Å². The van der Waals surface area contributed by atoms with Crippen molar-refractivity contribution in [2.45, 2.75) is 37.8 Å². The first-order valence-electron chi connectivity index (χ1n) is 7.67. The molecule has 134 valence electrons. The zero-order valence-electron chi connectivity index (χ0n) is 13.1. The smallest absolute Gasteiger partial charge is 0.338 e. The Kier molecular flexibility index (Phi) is 4.40. The van der Waals surface area contributed by atoms with E-state index in [0.29, 0.717) is 12.8 Å². The predicted octanol–water partition coefficient (Wildman–Crippen LogP) is 2.54. The number of guanidine groups is 2. The maximum absolute atomic E-state index is 14.8. The lowest BCUT2D eigenvalue weighted by molar-refractivity contribution is 0.0690. The van der Waals surface area contributed by atoms with E-state index >= 15 is 0 Å². The second kappa shape index (κ2) is 6.25. The van der Waals surface area contributed by atoms with Crippen LogP contribution in [0.5, 0.6) is 0 Å². The summed E-state index contributed by atoms with van der Waals surface area (Å²) < 4.78 is 29.1. The van der Waals surface area contributed by atoms with Crippen LogP contribution in [0.4, 0.5) is 14.5 Å². The Morgan fingerprint density at radius 1 is 1.24 bits per heavy atom. The Balaban J connectivity index is 2.21. The molecule has 1 saturated carbocycles. The summed E-state index contributed by atoms with van der Waals surface area (Å²) in [4.78, 5) is 20.7. The molecule has 0 unspecified atom stereocenters. The average Bonchev–Trinajstić information content (AvgIpc) is 2.53. The van der Waals surface area contributed by atoms with Gasteiger partial charge >= 0.3 is 5.97 Å². The molecular weight excluding hydrogens is 400 g/mol. The van der Waals surface area contributed by atoms with E-state index in [4.69, 9.17) is 16.6 Å². The van der Waals surface area contributed by atoms with Crippen molar-refractivity contribution in [3.05, 3.63) is 27.7 Å². The zero-order chi connectivity index (χ0) is 18.4. The third-order valence-corrected chi connectivity index (χ3v) is 5.04. The van der Waals surface area contributed by atoms with Gasteiger partial charge in [-0.2, -0.15) is 4.99 Å². The summed E-state index contributed by atoms with van der Waals surface area (Å²) in [6.45, 7) is 0. The summed E-state index contributed by atoms with van der Waals surface area (Å²) in [5.41, 5.74) is 9.75. The number of rotatable bonds is 2. The lowest BCUT2D eigenvalue weighted by atomic mass is 9.87. The lowest BCUT2D eigenvalue weighted by Gasteiger charge is -2.45. The molecule has 10 heteroatoms. The Morgan fingerprint density at radius 3 is 2.48 bits per heavy atom. The van der Waals surface area contributed by atoms with E-state index in [0.717, 1.165) is 25.3 Å². The van der Waals surface area contributed by atoms with Crippen molar-refractivity contribution in [1.82, 2.24) is 0 Å². The SMILES string of the molecule is NC1=NC2(CCCCC2)N(c2c(Br)cc(C(=O)O)c(F)c2F)C(N)=N1. The molecule has 1 aromatic carbocycles.